The number of benzene rings is 2. The van der Waals surface area contributed by atoms with Crippen molar-refractivity contribution in [3.63, 3.8) is 0 Å². The Bertz CT molecular complexity index is 601. The van der Waals surface area contributed by atoms with Crippen molar-refractivity contribution in [2.75, 3.05) is 0 Å². The van der Waals surface area contributed by atoms with Crippen LogP contribution in [0, 0.1) is 11.8 Å². The second kappa shape index (κ2) is 6.42. The molecule has 0 atom stereocenters. The summed E-state index contributed by atoms with van der Waals surface area (Å²) >= 11 is 0. The maximum Gasteiger partial charge on any atom is 0.303 e. The molecule has 2 nitrogen and oxygen atoms in total. The van der Waals surface area contributed by atoms with Crippen molar-refractivity contribution in [1.82, 2.24) is 0 Å². The zero-order valence-electron chi connectivity index (χ0n) is 10.5. The monoisotopic (exact) mass is 250 g/mol. The maximum absolute atomic E-state index is 10.5. The van der Waals surface area contributed by atoms with E-state index in [9.17, 15) is 4.79 Å². The van der Waals surface area contributed by atoms with Crippen molar-refractivity contribution in [3.8, 4) is 11.8 Å². The molecule has 2 heteroatoms. The van der Waals surface area contributed by atoms with E-state index < -0.39 is 5.97 Å². The fourth-order valence-electron chi connectivity index (χ4n) is 1.67. The average Bonchev–Trinajstić information content (AvgIpc) is 2.45. The molecular formula is C17H14O2. The molecule has 0 aliphatic rings. The lowest BCUT2D eigenvalue weighted by molar-refractivity contribution is -0.136. The molecule has 0 heterocycles. The number of carboxylic acid groups (broad SMARTS) is 1. The third-order valence-electron chi connectivity index (χ3n) is 2.71. The summed E-state index contributed by atoms with van der Waals surface area (Å²) < 4.78 is 0. The van der Waals surface area contributed by atoms with E-state index in [1.165, 1.54) is 0 Å². The molecule has 0 aromatic heterocycles. The zero-order chi connectivity index (χ0) is 13.5. The number of carboxylic acids is 1. The van der Waals surface area contributed by atoms with Gasteiger partial charge in [-0.1, -0.05) is 42.2 Å². The Morgan fingerprint density at radius 2 is 1.47 bits per heavy atom. The van der Waals surface area contributed by atoms with Crippen LogP contribution in [0.3, 0.4) is 0 Å². The van der Waals surface area contributed by atoms with E-state index in [2.05, 4.69) is 11.8 Å². The van der Waals surface area contributed by atoms with Crippen LogP contribution >= 0.6 is 0 Å². The lowest BCUT2D eigenvalue weighted by Gasteiger charge is -1.98. The zero-order valence-corrected chi connectivity index (χ0v) is 10.5. The van der Waals surface area contributed by atoms with E-state index in [-0.39, 0.29) is 6.42 Å². The smallest absolute Gasteiger partial charge is 0.303 e. The Labute approximate surface area is 112 Å². The quantitative estimate of drug-likeness (QED) is 0.850. The van der Waals surface area contributed by atoms with E-state index in [1.807, 2.05) is 54.6 Å². The molecule has 0 saturated heterocycles. The van der Waals surface area contributed by atoms with Crippen LogP contribution in [0.5, 0.6) is 0 Å². The van der Waals surface area contributed by atoms with Gasteiger partial charge in [0.2, 0.25) is 0 Å². The number of aryl methyl sites for hydroxylation is 1. The molecule has 0 spiro atoms. The van der Waals surface area contributed by atoms with Crippen LogP contribution in [-0.4, -0.2) is 11.1 Å². The molecule has 0 fully saturated rings. The normalized spacial score (nSPS) is 9.47. The van der Waals surface area contributed by atoms with Crippen molar-refractivity contribution < 1.29 is 9.90 Å². The molecule has 2 aromatic rings. The highest BCUT2D eigenvalue weighted by Crippen LogP contribution is 2.06. The van der Waals surface area contributed by atoms with Crippen molar-refractivity contribution in [2.24, 2.45) is 0 Å². The minimum Gasteiger partial charge on any atom is -0.481 e. The van der Waals surface area contributed by atoms with Gasteiger partial charge in [-0.05, 0) is 36.2 Å². The summed E-state index contributed by atoms with van der Waals surface area (Å²) in [7, 11) is 0. The summed E-state index contributed by atoms with van der Waals surface area (Å²) in [5.41, 5.74) is 2.94. The molecule has 1 N–H and O–H groups in total. The summed E-state index contributed by atoms with van der Waals surface area (Å²) in [6, 6.07) is 17.5. The van der Waals surface area contributed by atoms with Crippen molar-refractivity contribution in [2.45, 2.75) is 12.8 Å². The molecule has 2 aromatic carbocycles. The van der Waals surface area contributed by atoms with Crippen LogP contribution in [0.1, 0.15) is 23.1 Å². The topological polar surface area (TPSA) is 37.3 Å². The Hall–Kier alpha value is -2.53. The maximum atomic E-state index is 10.5. The fourth-order valence-corrected chi connectivity index (χ4v) is 1.67. The van der Waals surface area contributed by atoms with Crippen LogP contribution in [-0.2, 0) is 11.2 Å². The highest BCUT2D eigenvalue weighted by molar-refractivity contribution is 5.67. The van der Waals surface area contributed by atoms with Crippen LogP contribution in [0.25, 0.3) is 0 Å². The predicted octanol–water partition coefficient (Wildman–Crippen LogP) is 3.10. The van der Waals surface area contributed by atoms with E-state index in [4.69, 9.17) is 5.11 Å². The second-order valence-electron chi connectivity index (χ2n) is 4.21. The molecule has 0 amide bonds. The summed E-state index contributed by atoms with van der Waals surface area (Å²) in [4.78, 5) is 10.5. The minimum absolute atomic E-state index is 0.162. The molecular weight excluding hydrogens is 236 g/mol. The number of rotatable bonds is 3. The molecule has 19 heavy (non-hydrogen) atoms. The first-order valence-corrected chi connectivity index (χ1v) is 6.12. The first kappa shape index (κ1) is 12.9. The SMILES string of the molecule is O=C(O)CCc1ccc(C#Cc2ccccc2)cc1. The lowest BCUT2D eigenvalue weighted by Crippen LogP contribution is -1.97. The van der Waals surface area contributed by atoms with Gasteiger partial charge in [0, 0.05) is 17.5 Å². The van der Waals surface area contributed by atoms with Gasteiger partial charge in [-0.2, -0.15) is 0 Å². The Morgan fingerprint density at radius 3 is 2.05 bits per heavy atom. The van der Waals surface area contributed by atoms with E-state index in [1.54, 1.807) is 0 Å². The number of hydrogen-bond acceptors (Lipinski definition) is 1. The molecule has 0 unspecified atom stereocenters. The van der Waals surface area contributed by atoms with Gasteiger partial charge >= 0.3 is 5.97 Å². The first-order valence-electron chi connectivity index (χ1n) is 6.12. The van der Waals surface area contributed by atoms with Gasteiger partial charge in [0.15, 0.2) is 0 Å². The third kappa shape index (κ3) is 4.33. The van der Waals surface area contributed by atoms with Gasteiger partial charge in [-0.3, -0.25) is 4.79 Å². The highest BCUT2D eigenvalue weighted by Gasteiger charge is 1.98. The Balaban J connectivity index is 2.03. The third-order valence-corrected chi connectivity index (χ3v) is 2.71. The van der Waals surface area contributed by atoms with Crippen LogP contribution < -0.4 is 0 Å². The lowest BCUT2D eigenvalue weighted by atomic mass is 10.1. The largest absolute Gasteiger partial charge is 0.481 e. The summed E-state index contributed by atoms with van der Waals surface area (Å²) in [5.74, 6) is 5.40. The summed E-state index contributed by atoms with van der Waals surface area (Å²) in [6.45, 7) is 0. The first-order chi connectivity index (χ1) is 9.24. The van der Waals surface area contributed by atoms with Crippen LogP contribution in [0.4, 0.5) is 0 Å². The molecule has 0 aliphatic carbocycles. The predicted molar refractivity (Wildman–Crippen MR) is 74.8 cm³/mol. The molecule has 0 radical (unpaired) electrons. The molecule has 2 rings (SSSR count). The number of aliphatic carboxylic acids is 1. The fraction of sp³-hybridized carbons (Fsp3) is 0.118. The Morgan fingerprint density at radius 1 is 0.895 bits per heavy atom. The van der Waals surface area contributed by atoms with E-state index in [0.717, 1.165) is 16.7 Å². The summed E-state index contributed by atoms with van der Waals surface area (Å²) in [6.07, 6.45) is 0.719. The highest BCUT2D eigenvalue weighted by atomic mass is 16.4. The Kier molecular flexibility index (Phi) is 4.36. The standard InChI is InChI=1S/C17H14O2/c18-17(19)13-12-16-10-8-15(9-11-16)7-6-14-4-2-1-3-5-14/h1-5,8-11H,12-13H2,(H,18,19). The van der Waals surface area contributed by atoms with E-state index >= 15 is 0 Å². The average molecular weight is 250 g/mol. The van der Waals surface area contributed by atoms with Crippen molar-refractivity contribution in [3.05, 3.63) is 71.3 Å². The number of hydrogen-bond donors (Lipinski definition) is 1. The molecule has 94 valence electrons. The van der Waals surface area contributed by atoms with Gasteiger partial charge in [-0.15, -0.1) is 0 Å². The van der Waals surface area contributed by atoms with Gasteiger partial charge in [0.05, 0.1) is 0 Å². The van der Waals surface area contributed by atoms with Gasteiger partial charge in [0.1, 0.15) is 0 Å². The second-order valence-corrected chi connectivity index (χ2v) is 4.21. The number of carbonyl (C=O) groups is 1. The van der Waals surface area contributed by atoms with Gasteiger partial charge < -0.3 is 5.11 Å². The van der Waals surface area contributed by atoms with Gasteiger partial charge in [-0.25, -0.2) is 0 Å². The van der Waals surface area contributed by atoms with Crippen molar-refractivity contribution >= 4 is 5.97 Å². The van der Waals surface area contributed by atoms with Crippen molar-refractivity contribution in [1.29, 1.82) is 0 Å². The molecule has 0 bridgehead atoms. The molecule has 0 saturated carbocycles. The van der Waals surface area contributed by atoms with Crippen LogP contribution in [0.15, 0.2) is 54.6 Å². The van der Waals surface area contributed by atoms with Gasteiger partial charge in [0.25, 0.3) is 0 Å². The summed E-state index contributed by atoms with van der Waals surface area (Å²) in [5, 5.41) is 8.62. The van der Waals surface area contributed by atoms with E-state index in [0.29, 0.717) is 6.42 Å². The van der Waals surface area contributed by atoms with Crippen LogP contribution in [0.2, 0.25) is 0 Å². The minimum atomic E-state index is -0.770. The molecule has 0 aliphatic heterocycles.